The first-order valence-electron chi connectivity index (χ1n) is 19.3. The number of fused-ring (bicyclic) bond motifs is 9. The molecule has 10 rings (SSSR count). The monoisotopic (exact) mass is 732 g/mol. The highest BCUT2D eigenvalue weighted by atomic mass is 32.1. The molecule has 1 aliphatic carbocycles. The molecule has 0 aliphatic heterocycles. The first-order chi connectivity index (χ1) is 27.4. The maximum absolute atomic E-state index is 4.39. The largest absolute Gasteiger partial charge is 0.135 e. The zero-order chi connectivity index (χ0) is 38.0. The Morgan fingerprint density at radius 3 is 1.86 bits per heavy atom. The maximum Gasteiger partial charge on any atom is 0.0361 e. The molecule has 1 aromatic heterocycles. The highest BCUT2D eigenvalue weighted by Gasteiger charge is 2.36. The smallest absolute Gasteiger partial charge is 0.0361 e. The van der Waals surface area contributed by atoms with Gasteiger partial charge in [0.2, 0.25) is 0 Å². The SMILES string of the molecule is C=C/C=C\C(=C)c1ccc(-c2ccccccc(-c3ccc4c(c3)-c3cc5cc6sc7ccccc7c6cc5cc3C4(C)C)c3ccccc23)c2ccccc12. The van der Waals surface area contributed by atoms with Gasteiger partial charge in [0, 0.05) is 25.6 Å². The normalized spacial score (nSPS) is 13.0. The van der Waals surface area contributed by atoms with Crippen LogP contribution in [0.1, 0.15) is 30.5 Å². The average Bonchev–Trinajstić information content (AvgIpc) is 3.69. The van der Waals surface area contributed by atoms with Crippen molar-refractivity contribution in [3.05, 3.63) is 212 Å². The van der Waals surface area contributed by atoms with E-state index in [-0.39, 0.29) is 5.41 Å². The van der Waals surface area contributed by atoms with Crippen molar-refractivity contribution in [1.82, 2.24) is 0 Å². The Kier molecular flexibility index (Phi) is 8.10. The third kappa shape index (κ3) is 5.42. The second-order valence-electron chi connectivity index (χ2n) is 15.4. The number of hydrogen-bond acceptors (Lipinski definition) is 1. The van der Waals surface area contributed by atoms with Gasteiger partial charge < -0.3 is 0 Å². The van der Waals surface area contributed by atoms with Crippen LogP contribution in [0.15, 0.2) is 195 Å². The van der Waals surface area contributed by atoms with Crippen molar-refractivity contribution in [2.75, 3.05) is 0 Å². The first kappa shape index (κ1) is 34.0. The van der Waals surface area contributed by atoms with Gasteiger partial charge in [0.25, 0.3) is 0 Å². The summed E-state index contributed by atoms with van der Waals surface area (Å²) in [5.74, 6) is 0. The molecule has 9 aromatic rings. The molecule has 0 saturated heterocycles. The summed E-state index contributed by atoms with van der Waals surface area (Å²) in [6, 6.07) is 60.8. The van der Waals surface area contributed by atoms with E-state index in [4.69, 9.17) is 0 Å². The van der Waals surface area contributed by atoms with E-state index in [0.717, 1.165) is 11.1 Å². The van der Waals surface area contributed by atoms with E-state index in [9.17, 15) is 0 Å². The standard InChI is InChI=1S/C55H40S/c1-5-6-17-35(2)39-27-28-46(43-22-13-11-20-41(39)43)45-19-10-8-7-9-18-40(42-21-12-14-23-44(42)45)36-26-29-51-48(30-36)49-31-38-34-54-50(47-24-15-16-25-53(47)56-54)32-37(38)33-52(49)55(51,3)4/h5-34H,1-2H2,3-4H3/b8-7?,9-7?,10-8?,17-6-,18-9?,19-10?,40-18?,42-40?,45-19?,45-44?. The average molecular weight is 733 g/mol. The van der Waals surface area contributed by atoms with Crippen LogP contribution in [-0.2, 0) is 5.41 Å². The van der Waals surface area contributed by atoms with Gasteiger partial charge in [0.15, 0.2) is 0 Å². The molecule has 0 amide bonds. The van der Waals surface area contributed by atoms with Crippen molar-refractivity contribution < 1.29 is 0 Å². The molecule has 0 fully saturated rings. The van der Waals surface area contributed by atoms with Crippen LogP contribution in [0.4, 0.5) is 0 Å². The van der Waals surface area contributed by atoms with Crippen LogP contribution >= 0.6 is 11.3 Å². The van der Waals surface area contributed by atoms with Crippen molar-refractivity contribution in [2.24, 2.45) is 0 Å². The molecule has 1 heterocycles. The Labute approximate surface area is 332 Å². The van der Waals surface area contributed by atoms with Crippen LogP contribution in [0.5, 0.6) is 0 Å². The molecule has 56 heavy (non-hydrogen) atoms. The van der Waals surface area contributed by atoms with Crippen LogP contribution in [-0.4, -0.2) is 0 Å². The maximum atomic E-state index is 4.39. The van der Waals surface area contributed by atoms with Crippen LogP contribution in [0.3, 0.4) is 0 Å². The molecule has 1 aliphatic rings. The number of allylic oxidation sites excluding steroid dienone is 4. The second-order valence-corrected chi connectivity index (χ2v) is 16.5. The molecule has 0 spiro atoms. The lowest BCUT2D eigenvalue weighted by molar-refractivity contribution is 0.661. The Balaban J connectivity index is 1.18. The van der Waals surface area contributed by atoms with E-state index < -0.39 is 0 Å². The summed E-state index contributed by atoms with van der Waals surface area (Å²) >= 11 is 1.89. The molecule has 0 N–H and O–H groups in total. The molecular weight excluding hydrogens is 693 g/mol. The van der Waals surface area contributed by atoms with Crippen LogP contribution in [0.25, 0.3) is 91.4 Å². The van der Waals surface area contributed by atoms with E-state index in [1.54, 1.807) is 6.08 Å². The predicted molar refractivity (Wildman–Crippen MR) is 246 cm³/mol. The van der Waals surface area contributed by atoms with Crippen molar-refractivity contribution in [3.8, 4) is 33.4 Å². The minimum Gasteiger partial charge on any atom is -0.135 e. The van der Waals surface area contributed by atoms with Gasteiger partial charge >= 0.3 is 0 Å². The molecule has 0 saturated carbocycles. The highest BCUT2D eigenvalue weighted by molar-refractivity contribution is 7.25. The van der Waals surface area contributed by atoms with Gasteiger partial charge in [-0.25, -0.2) is 0 Å². The van der Waals surface area contributed by atoms with Gasteiger partial charge in [0.1, 0.15) is 0 Å². The summed E-state index contributed by atoms with van der Waals surface area (Å²) in [5, 5.41) is 10.1. The second kappa shape index (κ2) is 13.3. The minimum absolute atomic E-state index is 0.119. The molecule has 0 nitrogen and oxygen atoms in total. The van der Waals surface area contributed by atoms with Crippen molar-refractivity contribution in [3.63, 3.8) is 0 Å². The third-order valence-corrected chi connectivity index (χ3v) is 12.9. The highest BCUT2D eigenvalue weighted by Crippen LogP contribution is 2.52. The first-order valence-corrected chi connectivity index (χ1v) is 20.1. The lowest BCUT2D eigenvalue weighted by Crippen LogP contribution is -2.14. The van der Waals surface area contributed by atoms with Crippen LogP contribution < -0.4 is 0 Å². The Morgan fingerprint density at radius 2 is 1.09 bits per heavy atom. The summed E-state index contributed by atoms with van der Waals surface area (Å²) < 4.78 is 2.69. The Bertz CT molecular complexity index is 3200. The zero-order valence-corrected chi connectivity index (χ0v) is 32.5. The summed E-state index contributed by atoms with van der Waals surface area (Å²) in [6.07, 6.45) is 5.77. The summed E-state index contributed by atoms with van der Waals surface area (Å²) in [5.41, 5.74) is 12.2. The van der Waals surface area contributed by atoms with Gasteiger partial charge in [-0.1, -0.05) is 173 Å². The summed E-state index contributed by atoms with van der Waals surface area (Å²) in [7, 11) is 0. The summed E-state index contributed by atoms with van der Waals surface area (Å²) in [4.78, 5) is 0. The molecule has 0 radical (unpaired) electrons. The minimum atomic E-state index is -0.119. The van der Waals surface area contributed by atoms with Crippen molar-refractivity contribution in [2.45, 2.75) is 19.3 Å². The lowest BCUT2D eigenvalue weighted by atomic mass is 9.81. The number of thiophene rings is 1. The zero-order valence-electron chi connectivity index (χ0n) is 31.6. The van der Waals surface area contributed by atoms with Crippen molar-refractivity contribution >= 4 is 69.4 Å². The molecule has 0 bridgehead atoms. The topological polar surface area (TPSA) is 0 Å². The van der Waals surface area contributed by atoms with Gasteiger partial charge in [0.05, 0.1) is 0 Å². The van der Waals surface area contributed by atoms with Gasteiger partial charge in [-0.15, -0.1) is 11.3 Å². The van der Waals surface area contributed by atoms with Crippen LogP contribution in [0, 0.1) is 0 Å². The van der Waals surface area contributed by atoms with E-state index in [2.05, 4.69) is 191 Å². The van der Waals surface area contributed by atoms with Crippen LogP contribution in [0.2, 0.25) is 0 Å². The number of rotatable bonds is 5. The third-order valence-electron chi connectivity index (χ3n) is 11.8. The van der Waals surface area contributed by atoms with Gasteiger partial charge in [-0.3, -0.25) is 0 Å². The molecule has 0 atom stereocenters. The predicted octanol–water partition coefficient (Wildman–Crippen LogP) is 16.0. The molecule has 8 aromatic carbocycles. The Morgan fingerprint density at radius 1 is 0.482 bits per heavy atom. The van der Waals surface area contributed by atoms with E-state index >= 15 is 0 Å². The van der Waals surface area contributed by atoms with E-state index in [0.29, 0.717) is 0 Å². The van der Waals surface area contributed by atoms with Gasteiger partial charge in [-0.05, 0) is 124 Å². The van der Waals surface area contributed by atoms with E-state index in [1.807, 2.05) is 23.5 Å². The fourth-order valence-electron chi connectivity index (χ4n) is 9.02. The lowest BCUT2D eigenvalue weighted by Gasteiger charge is -2.22. The fourth-order valence-corrected chi connectivity index (χ4v) is 10.2. The van der Waals surface area contributed by atoms with Crippen molar-refractivity contribution in [1.29, 1.82) is 0 Å². The van der Waals surface area contributed by atoms with E-state index in [1.165, 1.54) is 97.0 Å². The Hall–Kier alpha value is -6.54. The van der Waals surface area contributed by atoms with Gasteiger partial charge in [-0.2, -0.15) is 0 Å². The molecular formula is C55H40S. The molecule has 0 unspecified atom stereocenters. The summed E-state index contributed by atoms with van der Waals surface area (Å²) in [6.45, 7) is 13.0. The number of benzene rings is 7. The fraction of sp³-hybridized carbons (Fsp3) is 0.0545. The molecule has 1 heteroatoms. The quantitative estimate of drug-likeness (QED) is 0.155. The molecule has 266 valence electrons. The number of hydrogen-bond donors (Lipinski definition) is 0.